The molecule has 15 nitrogen and oxygen atoms in total. The molecule has 0 aliphatic rings. The second-order valence-corrected chi connectivity index (χ2v) is 33.5. The van der Waals surface area contributed by atoms with Crippen molar-refractivity contribution in [2.45, 2.75) is 133 Å². The van der Waals surface area contributed by atoms with E-state index in [0.717, 1.165) is 172 Å². The lowest BCUT2D eigenvalue weighted by molar-refractivity contribution is -0.661. The quantitative estimate of drug-likeness (QED) is 0.121. The van der Waals surface area contributed by atoms with E-state index in [2.05, 4.69) is 326 Å². The monoisotopic (exact) mass is 1590 g/mol. The Morgan fingerprint density at radius 3 is 1.10 bits per heavy atom. The lowest BCUT2D eigenvalue weighted by Crippen LogP contribution is -2.31. The summed E-state index contributed by atoms with van der Waals surface area (Å²) < 4.78 is 41.8. The van der Waals surface area contributed by atoms with Gasteiger partial charge in [-0.15, -0.1) is 0 Å². The van der Waals surface area contributed by atoms with Gasteiger partial charge in [-0.25, -0.2) is 27.8 Å². The minimum absolute atomic E-state index is 0.506. The number of rotatable bonds is 10. The summed E-state index contributed by atoms with van der Waals surface area (Å²) in [6, 6.07) is 59.0. The molecule has 600 valence electrons. The molecule has 0 saturated heterocycles. The smallest absolute Gasteiger partial charge is 0.227 e. The van der Waals surface area contributed by atoms with Crippen molar-refractivity contribution in [3.63, 3.8) is 0 Å². The molecule has 0 fully saturated rings. The highest BCUT2D eigenvalue weighted by molar-refractivity contribution is 6.13. The van der Waals surface area contributed by atoms with Crippen molar-refractivity contribution in [1.29, 1.82) is 0 Å². The summed E-state index contributed by atoms with van der Waals surface area (Å²) in [5, 5.41) is 9.87. The average Bonchev–Trinajstić information content (AvgIpc) is 1.71. The van der Waals surface area contributed by atoms with Crippen molar-refractivity contribution in [2.24, 2.45) is 35.2 Å². The zero-order chi connectivity index (χ0) is 84.2. The Morgan fingerprint density at radius 1 is 0.250 bits per heavy atom. The van der Waals surface area contributed by atoms with Gasteiger partial charge in [0.2, 0.25) is 34.2 Å². The zero-order valence-electron chi connectivity index (χ0n) is 72.5. The summed E-state index contributed by atoms with van der Waals surface area (Å²) in [6.45, 7) is 32.7. The number of nitrogens with zero attached hydrogens (tertiary/aromatic N) is 10. The van der Waals surface area contributed by atoms with Crippen LogP contribution in [-0.4, -0.2) is 24.9 Å². The first-order chi connectivity index (χ1) is 57.8. The molecule has 0 amide bonds. The molecule has 0 bridgehead atoms. The third kappa shape index (κ3) is 15.2. The van der Waals surface area contributed by atoms with E-state index in [-0.39, 0.29) is 0 Å². The van der Waals surface area contributed by atoms with Crippen molar-refractivity contribution in [3.05, 3.63) is 300 Å². The molecule has 120 heavy (non-hydrogen) atoms. The molecule has 20 rings (SSSR count). The number of hydrogen-bond acceptors (Lipinski definition) is 10. The molecule has 15 heterocycles. The highest BCUT2D eigenvalue weighted by Crippen LogP contribution is 2.43. The standard InChI is InChI=1S/5C21H21N2O/c1-13(2)15-6-8-18(23(4)12-15)20-14(3)5-7-17-16-9-10-22-11-19(16)24-21(17)20;1-13(2)15-6-8-18(23(4)12-15)20-14(3)5-7-16-17-11-22-10-9-19(17)24-21(16)20;1-13(2)15-8-10-18(23(4)12-15)19-14(3)7-9-16-17-6-5-11-22-21(17)24-20(16)19;1-13(2)15-9-10-18(23(4)12-15)20-14(3)22-11-17-16-7-5-6-8-19(16)24-21(17)20;1-13(2)15-9-10-17(23(4)12-15)19-14(3)11-22-20-16-7-5-6-8-18(16)24-21(19)20/h5*5-13H,1-4H3/q5*+1. The lowest BCUT2D eigenvalue weighted by atomic mass is 9.99. The predicted molar refractivity (Wildman–Crippen MR) is 485 cm³/mol. The van der Waals surface area contributed by atoms with Crippen LogP contribution in [0.2, 0.25) is 0 Å². The second-order valence-electron chi connectivity index (χ2n) is 33.5. The number of aromatic nitrogens is 10. The fourth-order valence-corrected chi connectivity index (χ4v) is 16.6. The summed E-state index contributed by atoms with van der Waals surface area (Å²) >= 11 is 0. The number of benzene rings is 5. The third-order valence-electron chi connectivity index (χ3n) is 23.5. The molecule has 0 spiro atoms. The molecule has 0 radical (unpaired) electrons. The maximum Gasteiger partial charge on any atom is 0.227 e. The van der Waals surface area contributed by atoms with Gasteiger partial charge in [-0.3, -0.25) is 19.9 Å². The van der Waals surface area contributed by atoms with Crippen molar-refractivity contribution in [3.8, 4) is 56.3 Å². The van der Waals surface area contributed by atoms with E-state index in [1.165, 1.54) is 44.5 Å². The van der Waals surface area contributed by atoms with Gasteiger partial charge in [-0.1, -0.05) is 136 Å². The van der Waals surface area contributed by atoms with Gasteiger partial charge in [-0.2, -0.15) is 0 Å². The minimum atomic E-state index is 0.506. The Labute approximate surface area is 700 Å². The van der Waals surface area contributed by atoms with Crippen LogP contribution < -0.4 is 22.8 Å². The fourth-order valence-electron chi connectivity index (χ4n) is 16.6. The number of furan rings is 5. The van der Waals surface area contributed by atoms with Crippen LogP contribution in [0.25, 0.3) is 166 Å². The van der Waals surface area contributed by atoms with Crippen LogP contribution in [0, 0.1) is 34.6 Å². The summed E-state index contributed by atoms with van der Waals surface area (Å²) in [5.41, 5.74) is 33.4. The largest absolute Gasteiger partial charge is 0.455 e. The van der Waals surface area contributed by atoms with Crippen LogP contribution in [-0.2, 0) is 35.2 Å². The number of hydrogen-bond donors (Lipinski definition) is 0. The van der Waals surface area contributed by atoms with Crippen LogP contribution in [0.1, 0.15) is 155 Å². The second kappa shape index (κ2) is 33.2. The molecule has 5 aromatic carbocycles. The van der Waals surface area contributed by atoms with Gasteiger partial charge in [0.15, 0.2) is 53.3 Å². The van der Waals surface area contributed by atoms with Crippen LogP contribution in [0.5, 0.6) is 0 Å². The fraction of sp³-hybridized carbons (Fsp3) is 0.238. The molecule has 0 aliphatic heterocycles. The molecule has 0 saturated carbocycles. The van der Waals surface area contributed by atoms with Crippen molar-refractivity contribution in [1.82, 2.24) is 24.9 Å². The molecular formula is C105H105N10O5+5. The molecule has 15 heteroatoms. The topological polar surface area (TPSA) is 150 Å². The van der Waals surface area contributed by atoms with Gasteiger partial charge in [0, 0.05) is 144 Å². The first-order valence-electron chi connectivity index (χ1n) is 41.6. The molecule has 0 aliphatic carbocycles. The molecule has 20 aromatic rings. The number of pyridine rings is 10. The minimum Gasteiger partial charge on any atom is -0.455 e. The molecule has 0 unspecified atom stereocenters. The van der Waals surface area contributed by atoms with Crippen LogP contribution >= 0.6 is 0 Å². The van der Waals surface area contributed by atoms with Crippen LogP contribution in [0.3, 0.4) is 0 Å². The van der Waals surface area contributed by atoms with E-state index in [9.17, 15) is 0 Å². The predicted octanol–water partition coefficient (Wildman–Crippen LogP) is 24.5. The lowest BCUT2D eigenvalue weighted by Gasteiger charge is -2.08. The first kappa shape index (κ1) is 80.4. The van der Waals surface area contributed by atoms with Gasteiger partial charge in [0.25, 0.3) is 0 Å². The zero-order valence-corrected chi connectivity index (χ0v) is 72.5. The molecule has 0 N–H and O–H groups in total. The summed E-state index contributed by atoms with van der Waals surface area (Å²) in [7, 11) is 10.5. The Kier molecular flexibility index (Phi) is 22.2. The summed E-state index contributed by atoms with van der Waals surface area (Å²) in [4.78, 5) is 22.1. The van der Waals surface area contributed by atoms with Gasteiger partial charge in [0.1, 0.15) is 74.2 Å². The normalized spacial score (nSPS) is 11.7. The van der Waals surface area contributed by atoms with E-state index in [4.69, 9.17) is 22.1 Å². The van der Waals surface area contributed by atoms with E-state index in [1.54, 1.807) is 18.6 Å². The Hall–Kier alpha value is -13.4. The van der Waals surface area contributed by atoms with Gasteiger partial charge >= 0.3 is 0 Å². The number of para-hydroxylation sites is 2. The highest BCUT2D eigenvalue weighted by atomic mass is 16.3. The highest BCUT2D eigenvalue weighted by Gasteiger charge is 2.29. The SMILES string of the molecule is Cc1ccc2c(oc3ccncc32)c1-c1ccc(C(C)C)c[n+]1C.Cc1ccc2c(oc3cnccc32)c1-c1ccc(C(C)C)c[n+]1C.Cc1ccc2c(oc3ncccc32)c1-c1ccc(C(C)C)c[n+]1C.Cc1cnc2c(oc3ccccc32)c1-c1ccc(C(C)C)c[n+]1C.Cc1ncc2c(oc3ccccc32)c1-c1ccc(C(C)C)c[n+]1C. The number of fused-ring (bicyclic) bond motifs is 15. The van der Waals surface area contributed by atoms with Crippen LogP contribution in [0.4, 0.5) is 0 Å². The molecule has 15 aromatic heterocycles. The number of aryl methyl sites for hydroxylation is 10. The third-order valence-corrected chi connectivity index (χ3v) is 23.5. The van der Waals surface area contributed by atoms with Crippen molar-refractivity contribution in [2.75, 3.05) is 0 Å². The van der Waals surface area contributed by atoms with Crippen molar-refractivity contribution >= 4 is 110 Å². The molecular weight excluding hydrogens is 1480 g/mol. The van der Waals surface area contributed by atoms with E-state index >= 15 is 0 Å². The molecule has 0 atom stereocenters. The van der Waals surface area contributed by atoms with Crippen LogP contribution in [0.15, 0.2) is 266 Å². The maximum absolute atomic E-state index is 6.20. The Morgan fingerprint density at radius 2 is 0.617 bits per heavy atom. The maximum atomic E-state index is 6.20. The summed E-state index contributed by atoms with van der Waals surface area (Å²) in [6.07, 6.45) is 23.9. The van der Waals surface area contributed by atoms with Crippen molar-refractivity contribution < 1.29 is 44.9 Å². The summed E-state index contributed by atoms with van der Waals surface area (Å²) in [5.74, 6) is 2.55. The average molecular weight is 1590 g/mol. The van der Waals surface area contributed by atoms with E-state index < -0.39 is 0 Å². The Balaban J connectivity index is 0.000000112. The van der Waals surface area contributed by atoms with Gasteiger partial charge in [-0.05, 0) is 159 Å². The van der Waals surface area contributed by atoms with E-state index in [1.807, 2.05) is 86.3 Å². The first-order valence-corrected chi connectivity index (χ1v) is 41.6. The van der Waals surface area contributed by atoms with Gasteiger partial charge < -0.3 is 22.1 Å². The van der Waals surface area contributed by atoms with E-state index in [0.29, 0.717) is 35.3 Å². The van der Waals surface area contributed by atoms with Gasteiger partial charge in [0.05, 0.1) is 34.1 Å². The Bertz CT molecular complexity index is 6310.